The Kier molecular flexibility index (Phi) is 4.36. The van der Waals surface area contributed by atoms with E-state index in [1.54, 1.807) is 0 Å². The molecule has 2 rings (SSSR count). The molecule has 0 saturated heterocycles. The van der Waals surface area contributed by atoms with E-state index in [1.165, 1.54) is 31.4 Å². The number of aromatic amines is 1. The summed E-state index contributed by atoms with van der Waals surface area (Å²) in [6, 6.07) is 0.620. The zero-order valence-electron chi connectivity index (χ0n) is 10.9. The summed E-state index contributed by atoms with van der Waals surface area (Å²) >= 11 is 7.45. The van der Waals surface area contributed by atoms with Gasteiger partial charge in [-0.05, 0) is 50.1 Å². The van der Waals surface area contributed by atoms with Crippen molar-refractivity contribution >= 4 is 24.0 Å². The first-order valence-corrected chi connectivity index (χ1v) is 8.15. The normalized spacial score (nSPS) is 25.4. The van der Waals surface area contributed by atoms with Crippen molar-refractivity contribution in [2.45, 2.75) is 56.7 Å². The Morgan fingerprint density at radius 3 is 2.53 bits per heavy atom. The molecule has 1 heterocycles. The van der Waals surface area contributed by atoms with Gasteiger partial charge in [0.15, 0.2) is 4.77 Å². The van der Waals surface area contributed by atoms with Gasteiger partial charge < -0.3 is 9.55 Å². The van der Waals surface area contributed by atoms with Crippen LogP contribution in [0.25, 0.3) is 0 Å². The van der Waals surface area contributed by atoms with E-state index in [-0.39, 0.29) is 0 Å². The molecule has 0 unspecified atom stereocenters. The zero-order valence-corrected chi connectivity index (χ0v) is 12.5. The molecule has 1 fully saturated rings. The summed E-state index contributed by atoms with van der Waals surface area (Å²) in [5.41, 5.74) is 1.36. The molecule has 1 saturated carbocycles. The van der Waals surface area contributed by atoms with Crippen molar-refractivity contribution in [3.05, 3.63) is 16.7 Å². The minimum Gasteiger partial charge on any atom is -0.337 e. The summed E-state index contributed by atoms with van der Waals surface area (Å²) in [5.74, 6) is 0.543. The van der Waals surface area contributed by atoms with Gasteiger partial charge in [0.05, 0.1) is 0 Å². The Hall–Kier alpha value is -0.220. The van der Waals surface area contributed by atoms with E-state index in [2.05, 4.69) is 35.9 Å². The first-order chi connectivity index (χ1) is 8.13. The molecule has 96 valence electrons. The molecule has 1 aromatic heterocycles. The molecular formula is C13H22N2S2. The maximum absolute atomic E-state index is 5.43. The van der Waals surface area contributed by atoms with E-state index in [9.17, 15) is 0 Å². The Bertz CT molecular complexity index is 411. The summed E-state index contributed by atoms with van der Waals surface area (Å²) < 4.78 is 3.28. The summed E-state index contributed by atoms with van der Waals surface area (Å²) in [6.07, 6.45) is 9.53. The fourth-order valence-electron chi connectivity index (χ4n) is 2.75. The number of thioether (sulfide) groups is 1. The first-order valence-electron chi connectivity index (χ1n) is 6.46. The van der Waals surface area contributed by atoms with Crippen LogP contribution in [-0.2, 0) is 0 Å². The van der Waals surface area contributed by atoms with Crippen molar-refractivity contribution in [1.82, 2.24) is 9.55 Å². The van der Waals surface area contributed by atoms with E-state index in [4.69, 9.17) is 12.2 Å². The molecule has 0 aliphatic heterocycles. The molecule has 4 heteroatoms. The third-order valence-electron chi connectivity index (χ3n) is 3.77. The van der Waals surface area contributed by atoms with Crippen LogP contribution in [0, 0.1) is 4.77 Å². The number of imidazole rings is 1. The van der Waals surface area contributed by atoms with Gasteiger partial charge in [0.25, 0.3) is 0 Å². The summed E-state index contributed by atoms with van der Waals surface area (Å²) in [4.78, 5) is 3.21. The number of nitrogens with zero attached hydrogens (tertiary/aromatic N) is 1. The van der Waals surface area contributed by atoms with Crippen molar-refractivity contribution in [2.75, 3.05) is 6.26 Å². The maximum atomic E-state index is 5.43. The van der Waals surface area contributed by atoms with Gasteiger partial charge in [-0.1, -0.05) is 13.8 Å². The molecule has 0 atom stereocenters. The highest BCUT2D eigenvalue weighted by molar-refractivity contribution is 7.99. The molecule has 17 heavy (non-hydrogen) atoms. The second-order valence-electron chi connectivity index (χ2n) is 5.21. The van der Waals surface area contributed by atoms with Gasteiger partial charge in [-0.15, -0.1) is 0 Å². The Balaban J connectivity index is 2.18. The van der Waals surface area contributed by atoms with E-state index in [0.717, 1.165) is 10.0 Å². The summed E-state index contributed by atoms with van der Waals surface area (Å²) in [6.45, 7) is 4.48. The van der Waals surface area contributed by atoms with Gasteiger partial charge in [0.2, 0.25) is 0 Å². The quantitative estimate of drug-likeness (QED) is 0.815. The Morgan fingerprint density at radius 2 is 2.00 bits per heavy atom. The summed E-state index contributed by atoms with van der Waals surface area (Å²) in [5, 5.41) is 0.863. The number of hydrogen-bond acceptors (Lipinski definition) is 2. The van der Waals surface area contributed by atoms with E-state index in [1.807, 2.05) is 11.8 Å². The highest BCUT2D eigenvalue weighted by Crippen LogP contribution is 2.35. The van der Waals surface area contributed by atoms with Crippen LogP contribution in [0.3, 0.4) is 0 Å². The molecular weight excluding hydrogens is 248 g/mol. The highest BCUT2D eigenvalue weighted by Gasteiger charge is 2.24. The number of hydrogen-bond donors (Lipinski definition) is 1. The maximum Gasteiger partial charge on any atom is 0.177 e. The van der Waals surface area contributed by atoms with Crippen molar-refractivity contribution in [1.29, 1.82) is 0 Å². The van der Waals surface area contributed by atoms with E-state index in [0.29, 0.717) is 12.0 Å². The fraction of sp³-hybridized carbons (Fsp3) is 0.769. The second-order valence-corrected chi connectivity index (χ2v) is 6.73. The SMILES string of the molecule is CSC1CCC(n2c(C(C)C)c[nH]c2=S)CC1. The van der Waals surface area contributed by atoms with Crippen LogP contribution < -0.4 is 0 Å². The van der Waals surface area contributed by atoms with Crippen LogP contribution in [0.1, 0.15) is 57.2 Å². The predicted molar refractivity (Wildman–Crippen MR) is 78.5 cm³/mol. The number of nitrogens with one attached hydrogen (secondary N) is 1. The highest BCUT2D eigenvalue weighted by atomic mass is 32.2. The third-order valence-corrected chi connectivity index (χ3v) is 5.23. The van der Waals surface area contributed by atoms with E-state index < -0.39 is 0 Å². The average Bonchev–Trinajstić information content (AvgIpc) is 2.71. The molecule has 2 nitrogen and oxygen atoms in total. The minimum absolute atomic E-state index is 0.543. The lowest BCUT2D eigenvalue weighted by Gasteiger charge is -2.30. The lowest BCUT2D eigenvalue weighted by molar-refractivity contribution is 0.347. The van der Waals surface area contributed by atoms with Gasteiger partial charge in [-0.25, -0.2) is 0 Å². The fourth-order valence-corrected chi connectivity index (χ4v) is 3.81. The Morgan fingerprint density at radius 1 is 1.35 bits per heavy atom. The largest absolute Gasteiger partial charge is 0.337 e. The van der Waals surface area contributed by atoms with Crippen molar-refractivity contribution in [3.63, 3.8) is 0 Å². The lowest BCUT2D eigenvalue weighted by atomic mass is 9.94. The lowest BCUT2D eigenvalue weighted by Crippen LogP contribution is -2.21. The molecule has 1 N–H and O–H groups in total. The molecule has 1 aliphatic rings. The van der Waals surface area contributed by atoms with Crippen molar-refractivity contribution in [3.8, 4) is 0 Å². The van der Waals surface area contributed by atoms with Crippen LogP contribution in [0.2, 0.25) is 0 Å². The van der Waals surface area contributed by atoms with Crippen LogP contribution in [-0.4, -0.2) is 21.1 Å². The molecule has 1 aliphatic carbocycles. The number of H-pyrrole nitrogens is 1. The summed E-state index contributed by atoms with van der Waals surface area (Å²) in [7, 11) is 0. The molecule has 0 bridgehead atoms. The standard InChI is InChI=1S/C13H22N2S2/c1-9(2)12-8-14-13(16)15(12)10-4-6-11(17-3)7-5-10/h8-11H,4-7H2,1-3H3,(H,14,16). The first kappa shape index (κ1) is 13.2. The smallest absolute Gasteiger partial charge is 0.177 e. The van der Waals surface area contributed by atoms with Crippen LogP contribution >= 0.6 is 24.0 Å². The van der Waals surface area contributed by atoms with Gasteiger partial charge >= 0.3 is 0 Å². The molecule has 0 aromatic carbocycles. The zero-order chi connectivity index (χ0) is 12.4. The second kappa shape index (κ2) is 5.61. The molecule has 0 spiro atoms. The van der Waals surface area contributed by atoms with Gasteiger partial charge in [-0.3, -0.25) is 0 Å². The predicted octanol–water partition coefficient (Wildman–Crippen LogP) is 4.52. The monoisotopic (exact) mass is 270 g/mol. The number of aromatic nitrogens is 2. The van der Waals surface area contributed by atoms with E-state index >= 15 is 0 Å². The van der Waals surface area contributed by atoms with Crippen molar-refractivity contribution in [2.24, 2.45) is 0 Å². The van der Waals surface area contributed by atoms with Crippen LogP contribution in [0.4, 0.5) is 0 Å². The average molecular weight is 270 g/mol. The number of rotatable bonds is 3. The van der Waals surface area contributed by atoms with Crippen LogP contribution in [0.5, 0.6) is 0 Å². The van der Waals surface area contributed by atoms with Crippen LogP contribution in [0.15, 0.2) is 6.20 Å². The Labute approximate surface area is 113 Å². The van der Waals surface area contributed by atoms with Gasteiger partial charge in [0.1, 0.15) is 0 Å². The molecule has 1 aromatic rings. The van der Waals surface area contributed by atoms with Gasteiger partial charge in [-0.2, -0.15) is 11.8 Å². The minimum atomic E-state index is 0.543. The topological polar surface area (TPSA) is 20.7 Å². The molecule has 0 amide bonds. The van der Waals surface area contributed by atoms with Gasteiger partial charge in [0, 0.05) is 23.2 Å². The van der Waals surface area contributed by atoms with Crippen molar-refractivity contribution < 1.29 is 0 Å². The molecule has 0 radical (unpaired) electrons. The third kappa shape index (κ3) is 2.79.